The third kappa shape index (κ3) is 3.04. The van der Waals surface area contributed by atoms with Crippen LogP contribution in [0.1, 0.15) is 0 Å². The highest BCUT2D eigenvalue weighted by molar-refractivity contribution is 6.22. The van der Waals surface area contributed by atoms with Crippen molar-refractivity contribution in [2.24, 2.45) is 0 Å². The zero-order valence-electron chi connectivity index (χ0n) is 19.5. The number of phenolic OH excluding ortho intramolecular Hbond substituents is 4. The van der Waals surface area contributed by atoms with E-state index in [-0.39, 0.29) is 23.0 Å². The lowest BCUT2D eigenvalue weighted by Gasteiger charge is -2.20. The van der Waals surface area contributed by atoms with Crippen LogP contribution in [0, 0.1) is 0 Å². The first-order valence-electron chi connectivity index (χ1n) is 11.3. The highest BCUT2D eigenvalue weighted by Gasteiger charge is 2.23. The van der Waals surface area contributed by atoms with Crippen molar-refractivity contribution in [1.82, 2.24) is 0 Å². The van der Waals surface area contributed by atoms with Crippen LogP contribution in [0.2, 0.25) is 0 Å². The summed E-state index contributed by atoms with van der Waals surface area (Å²) in [5, 5.41) is 47.8. The number of ether oxygens (including phenoxy) is 2. The lowest BCUT2D eigenvalue weighted by molar-refractivity contribution is 0.405. The number of fused-ring (bicyclic) bond motifs is 6. The van der Waals surface area contributed by atoms with Gasteiger partial charge in [-0.15, -0.1) is 0 Å². The number of hydrogen-bond acceptors (Lipinski definition) is 6. The minimum absolute atomic E-state index is 0.0462. The van der Waals surface area contributed by atoms with Gasteiger partial charge in [0.2, 0.25) is 0 Å². The molecule has 6 nitrogen and oxygen atoms in total. The molecule has 36 heavy (non-hydrogen) atoms. The third-order valence-corrected chi connectivity index (χ3v) is 6.78. The number of hydrogen-bond donors (Lipinski definition) is 4. The molecular formula is C30H22O6. The summed E-state index contributed by atoms with van der Waals surface area (Å²) in [6, 6.07) is 20.7. The fraction of sp³-hybridized carbons (Fsp3) is 0.0667. The second-order valence-corrected chi connectivity index (χ2v) is 8.73. The van der Waals surface area contributed by atoms with Gasteiger partial charge < -0.3 is 29.9 Å². The van der Waals surface area contributed by atoms with E-state index in [2.05, 4.69) is 0 Å². The van der Waals surface area contributed by atoms with Gasteiger partial charge in [-0.25, -0.2) is 0 Å². The highest BCUT2D eigenvalue weighted by atomic mass is 16.5. The molecule has 6 aromatic carbocycles. The first kappa shape index (κ1) is 21.7. The molecule has 6 heteroatoms. The Balaban J connectivity index is 1.83. The van der Waals surface area contributed by atoms with Crippen LogP contribution in [0.25, 0.3) is 54.2 Å². The molecule has 0 fully saturated rings. The van der Waals surface area contributed by atoms with Gasteiger partial charge in [0.25, 0.3) is 0 Å². The molecule has 6 aromatic rings. The zero-order chi connectivity index (χ0) is 25.1. The van der Waals surface area contributed by atoms with E-state index in [1.165, 1.54) is 14.2 Å². The number of benzene rings is 6. The summed E-state index contributed by atoms with van der Waals surface area (Å²) in [5.74, 6) is 1.25. The molecule has 0 spiro atoms. The van der Waals surface area contributed by atoms with Crippen LogP contribution in [0.5, 0.6) is 34.5 Å². The predicted octanol–water partition coefficient (Wildman–Crippen LogP) is 6.81. The summed E-state index contributed by atoms with van der Waals surface area (Å²) in [6.07, 6.45) is 0. The first-order chi connectivity index (χ1) is 17.4. The topological polar surface area (TPSA) is 99.4 Å². The molecule has 0 atom stereocenters. The molecule has 6 rings (SSSR count). The van der Waals surface area contributed by atoms with E-state index in [1.54, 1.807) is 48.5 Å². The molecule has 178 valence electrons. The molecule has 0 radical (unpaired) electrons. The predicted molar refractivity (Wildman–Crippen MR) is 142 cm³/mol. The van der Waals surface area contributed by atoms with E-state index >= 15 is 0 Å². The van der Waals surface area contributed by atoms with Gasteiger partial charge in [-0.05, 0) is 68.7 Å². The van der Waals surface area contributed by atoms with Crippen LogP contribution in [-0.2, 0) is 0 Å². The Morgan fingerprint density at radius 2 is 0.861 bits per heavy atom. The minimum atomic E-state index is 0.0462. The summed E-state index contributed by atoms with van der Waals surface area (Å²) >= 11 is 0. The molecule has 0 saturated heterocycles. The van der Waals surface area contributed by atoms with Gasteiger partial charge >= 0.3 is 0 Å². The summed E-state index contributed by atoms with van der Waals surface area (Å²) in [4.78, 5) is 0. The third-order valence-electron chi connectivity index (χ3n) is 6.78. The van der Waals surface area contributed by atoms with Crippen molar-refractivity contribution in [3.63, 3.8) is 0 Å². The molecule has 0 unspecified atom stereocenters. The zero-order valence-corrected chi connectivity index (χ0v) is 19.5. The molecule has 0 bridgehead atoms. The van der Waals surface area contributed by atoms with Gasteiger partial charge in [-0.3, -0.25) is 0 Å². The van der Waals surface area contributed by atoms with Crippen molar-refractivity contribution >= 4 is 43.1 Å². The van der Waals surface area contributed by atoms with Crippen molar-refractivity contribution in [2.75, 3.05) is 14.2 Å². The van der Waals surface area contributed by atoms with Crippen molar-refractivity contribution in [1.29, 1.82) is 0 Å². The van der Waals surface area contributed by atoms with Crippen molar-refractivity contribution in [2.45, 2.75) is 0 Å². The van der Waals surface area contributed by atoms with Crippen LogP contribution >= 0.6 is 0 Å². The SMILES string of the molecule is COc1cc(O)c2c(ccc3cc(O)ccc32)c1-c1c(OC)cc(O)c2c1ccc1cc(O)ccc12. The van der Waals surface area contributed by atoms with Gasteiger partial charge in [0.15, 0.2) is 0 Å². The van der Waals surface area contributed by atoms with Gasteiger partial charge in [-0.1, -0.05) is 24.3 Å². The number of methoxy groups -OCH3 is 2. The fourth-order valence-electron chi connectivity index (χ4n) is 5.24. The van der Waals surface area contributed by atoms with E-state index < -0.39 is 0 Å². The smallest absolute Gasteiger partial charge is 0.131 e. The molecular weight excluding hydrogens is 456 g/mol. The Labute approximate surface area is 205 Å². The summed E-state index contributed by atoms with van der Waals surface area (Å²) in [5.41, 5.74) is 1.39. The van der Waals surface area contributed by atoms with Crippen LogP contribution < -0.4 is 9.47 Å². The minimum Gasteiger partial charge on any atom is -0.508 e. The van der Waals surface area contributed by atoms with E-state index in [9.17, 15) is 20.4 Å². The monoisotopic (exact) mass is 478 g/mol. The van der Waals surface area contributed by atoms with Gasteiger partial charge in [0.1, 0.15) is 34.5 Å². The average molecular weight is 479 g/mol. The molecule has 0 aliphatic heterocycles. The van der Waals surface area contributed by atoms with E-state index in [4.69, 9.17) is 9.47 Å². The lowest BCUT2D eigenvalue weighted by atomic mass is 9.88. The maximum absolute atomic E-state index is 11.0. The molecule has 0 amide bonds. The maximum Gasteiger partial charge on any atom is 0.131 e. The molecule has 0 aromatic heterocycles. The van der Waals surface area contributed by atoms with Gasteiger partial charge in [-0.2, -0.15) is 0 Å². The Hall–Kier alpha value is -4.84. The Kier molecular flexibility index (Phi) is 4.73. The second kappa shape index (κ2) is 7.85. The van der Waals surface area contributed by atoms with Gasteiger partial charge in [0.05, 0.1) is 14.2 Å². The maximum atomic E-state index is 11.0. The van der Waals surface area contributed by atoms with Crippen molar-refractivity contribution < 1.29 is 29.9 Å². The normalized spacial score (nSPS) is 11.5. The molecule has 0 heterocycles. The number of rotatable bonds is 3. The van der Waals surface area contributed by atoms with E-state index in [0.29, 0.717) is 33.4 Å². The summed E-state index contributed by atoms with van der Waals surface area (Å²) in [7, 11) is 3.08. The Morgan fingerprint density at radius 1 is 0.472 bits per heavy atom. The van der Waals surface area contributed by atoms with Crippen LogP contribution in [0.15, 0.2) is 72.8 Å². The summed E-state index contributed by atoms with van der Waals surface area (Å²) in [6.45, 7) is 0. The van der Waals surface area contributed by atoms with Crippen molar-refractivity contribution in [3.05, 3.63) is 72.8 Å². The van der Waals surface area contributed by atoms with Crippen molar-refractivity contribution in [3.8, 4) is 45.6 Å². The average Bonchev–Trinajstić information content (AvgIpc) is 2.87. The summed E-state index contributed by atoms with van der Waals surface area (Å²) < 4.78 is 11.5. The lowest BCUT2D eigenvalue weighted by Crippen LogP contribution is -1.96. The fourth-order valence-corrected chi connectivity index (χ4v) is 5.24. The number of phenols is 4. The van der Waals surface area contributed by atoms with Gasteiger partial charge in [0, 0.05) is 34.0 Å². The molecule has 0 aliphatic rings. The molecule has 0 saturated carbocycles. The Bertz CT molecular complexity index is 1720. The van der Waals surface area contributed by atoms with E-state index in [1.807, 2.05) is 24.3 Å². The van der Waals surface area contributed by atoms with E-state index in [0.717, 1.165) is 32.3 Å². The standard InChI is InChI=1S/C30H22O6/c1-35-25-13-23(33)27-19-9-5-17(31)11-15(19)3-7-21(27)29(25)30-22-8-4-16-12-18(32)6-10-20(16)28(22)24(34)14-26(30)36-2/h3-14,31-34H,1-2H3. The number of aromatic hydroxyl groups is 4. The van der Waals surface area contributed by atoms with Crippen LogP contribution in [-0.4, -0.2) is 34.6 Å². The first-order valence-corrected chi connectivity index (χ1v) is 11.3. The van der Waals surface area contributed by atoms with Crippen LogP contribution in [0.4, 0.5) is 0 Å². The largest absolute Gasteiger partial charge is 0.508 e. The van der Waals surface area contributed by atoms with Crippen LogP contribution in [0.3, 0.4) is 0 Å². The quantitative estimate of drug-likeness (QED) is 0.209. The molecule has 0 aliphatic carbocycles. The Morgan fingerprint density at radius 3 is 1.25 bits per heavy atom. The second-order valence-electron chi connectivity index (χ2n) is 8.73. The molecule has 4 N–H and O–H groups in total. The highest BCUT2D eigenvalue weighted by Crippen LogP contribution is 2.51.